The maximum atomic E-state index is 12.9. The van der Waals surface area contributed by atoms with Crippen molar-refractivity contribution in [2.45, 2.75) is 6.92 Å². The van der Waals surface area contributed by atoms with Crippen LogP contribution in [0.5, 0.6) is 0 Å². The Labute approximate surface area is 185 Å². The highest BCUT2D eigenvalue weighted by molar-refractivity contribution is 9.10. The van der Waals surface area contributed by atoms with Crippen molar-refractivity contribution in [3.63, 3.8) is 0 Å². The van der Waals surface area contributed by atoms with Gasteiger partial charge >= 0.3 is 6.03 Å². The van der Waals surface area contributed by atoms with Gasteiger partial charge in [-0.15, -0.1) is 0 Å². The van der Waals surface area contributed by atoms with E-state index in [4.69, 9.17) is 16.0 Å². The second-order valence-electron chi connectivity index (χ2n) is 6.62. The first-order chi connectivity index (χ1) is 14.3. The average molecular weight is 486 g/mol. The van der Waals surface area contributed by atoms with E-state index in [9.17, 15) is 14.4 Å². The summed E-state index contributed by atoms with van der Waals surface area (Å²) in [7, 11) is 0. The second-order valence-corrected chi connectivity index (χ2v) is 7.89. The molecule has 1 aliphatic heterocycles. The summed E-state index contributed by atoms with van der Waals surface area (Å²) in [5, 5.41) is 2.72. The molecule has 0 bridgehead atoms. The summed E-state index contributed by atoms with van der Waals surface area (Å²) in [6, 6.07) is 14.7. The average Bonchev–Trinajstić information content (AvgIpc) is 3.17. The van der Waals surface area contributed by atoms with Gasteiger partial charge in [-0.25, -0.2) is 9.69 Å². The number of rotatable bonds is 3. The van der Waals surface area contributed by atoms with E-state index in [1.807, 2.05) is 13.0 Å². The number of furan rings is 1. The quantitative estimate of drug-likeness (QED) is 0.401. The first kappa shape index (κ1) is 20.1. The zero-order valence-corrected chi connectivity index (χ0v) is 18.0. The number of hydrogen-bond donors (Lipinski definition) is 1. The Hall–Kier alpha value is -3.16. The van der Waals surface area contributed by atoms with E-state index in [1.165, 1.54) is 6.08 Å². The van der Waals surface area contributed by atoms with Gasteiger partial charge in [0, 0.05) is 10.0 Å². The number of benzene rings is 2. The molecule has 1 aliphatic rings. The lowest BCUT2D eigenvalue weighted by molar-refractivity contribution is -0.122. The third-order valence-corrected chi connectivity index (χ3v) is 5.74. The lowest BCUT2D eigenvalue weighted by Crippen LogP contribution is -2.54. The van der Waals surface area contributed by atoms with Gasteiger partial charge in [-0.3, -0.25) is 14.9 Å². The molecule has 1 N–H and O–H groups in total. The Morgan fingerprint density at radius 2 is 1.77 bits per heavy atom. The first-order valence-corrected chi connectivity index (χ1v) is 10.0. The number of urea groups is 1. The summed E-state index contributed by atoms with van der Waals surface area (Å²) in [4.78, 5) is 38.4. The predicted molar refractivity (Wildman–Crippen MR) is 117 cm³/mol. The zero-order valence-electron chi connectivity index (χ0n) is 15.6. The van der Waals surface area contributed by atoms with Crippen LogP contribution < -0.4 is 10.2 Å². The van der Waals surface area contributed by atoms with Crippen LogP contribution >= 0.6 is 27.5 Å². The lowest BCUT2D eigenvalue weighted by Gasteiger charge is -2.26. The standard InChI is InChI=1S/C22H14BrClN2O4/c1-12-2-5-14(6-3-12)26-21(28)16(20(27)25-22(26)29)11-15-7-9-19(30-15)13-4-8-17(23)18(24)10-13/h2-11H,1H3,(H,25,27,29)/b16-11+. The molecule has 6 nitrogen and oxygen atoms in total. The van der Waals surface area contributed by atoms with E-state index < -0.39 is 17.8 Å². The molecule has 2 aromatic carbocycles. The number of barbiturate groups is 1. The van der Waals surface area contributed by atoms with Crippen molar-refractivity contribution in [3.8, 4) is 11.3 Å². The van der Waals surface area contributed by atoms with E-state index >= 15 is 0 Å². The van der Waals surface area contributed by atoms with Gasteiger partial charge in [0.2, 0.25) is 0 Å². The fourth-order valence-corrected chi connectivity index (χ4v) is 3.39. The summed E-state index contributed by atoms with van der Waals surface area (Å²) in [6.45, 7) is 1.89. The SMILES string of the molecule is Cc1ccc(N2C(=O)NC(=O)/C(=C\c3ccc(-c4ccc(Br)c(Cl)c4)o3)C2=O)cc1. The highest BCUT2D eigenvalue weighted by Gasteiger charge is 2.37. The Balaban J connectivity index is 1.67. The van der Waals surface area contributed by atoms with Gasteiger partial charge in [0.05, 0.1) is 10.7 Å². The van der Waals surface area contributed by atoms with Crippen molar-refractivity contribution in [2.75, 3.05) is 4.90 Å². The molecule has 4 rings (SSSR count). The largest absolute Gasteiger partial charge is 0.457 e. The molecule has 0 atom stereocenters. The smallest absolute Gasteiger partial charge is 0.335 e. The van der Waals surface area contributed by atoms with Crippen LogP contribution in [0.2, 0.25) is 5.02 Å². The lowest BCUT2D eigenvalue weighted by atomic mass is 10.1. The van der Waals surface area contributed by atoms with Gasteiger partial charge in [-0.2, -0.15) is 0 Å². The summed E-state index contributed by atoms with van der Waals surface area (Å²) in [5.74, 6) is -0.692. The van der Waals surface area contributed by atoms with Crippen LogP contribution in [0.15, 0.2) is 69.1 Å². The monoisotopic (exact) mass is 484 g/mol. The molecular formula is C22H14BrClN2O4. The van der Waals surface area contributed by atoms with Crippen LogP contribution in [0.4, 0.5) is 10.5 Å². The minimum absolute atomic E-state index is 0.204. The van der Waals surface area contributed by atoms with Crippen LogP contribution in [-0.2, 0) is 9.59 Å². The van der Waals surface area contributed by atoms with Crippen LogP contribution in [0, 0.1) is 6.92 Å². The number of halogens is 2. The van der Waals surface area contributed by atoms with Crippen molar-refractivity contribution in [2.24, 2.45) is 0 Å². The molecule has 1 aromatic heterocycles. The number of carbonyl (C=O) groups excluding carboxylic acids is 3. The Bertz CT molecular complexity index is 1210. The molecule has 8 heteroatoms. The van der Waals surface area contributed by atoms with Crippen LogP contribution in [0.1, 0.15) is 11.3 Å². The van der Waals surface area contributed by atoms with Gasteiger partial charge in [0.15, 0.2) is 0 Å². The molecule has 4 amide bonds. The summed E-state index contributed by atoms with van der Waals surface area (Å²) in [6.07, 6.45) is 1.31. The molecule has 0 spiro atoms. The maximum Gasteiger partial charge on any atom is 0.335 e. The van der Waals surface area contributed by atoms with E-state index in [1.54, 1.807) is 48.5 Å². The van der Waals surface area contributed by atoms with Crippen molar-refractivity contribution in [1.29, 1.82) is 0 Å². The number of nitrogens with zero attached hydrogens (tertiary/aromatic N) is 1. The number of imide groups is 2. The molecule has 2 heterocycles. The fourth-order valence-electron chi connectivity index (χ4n) is 2.96. The molecular weight excluding hydrogens is 472 g/mol. The third-order valence-electron chi connectivity index (χ3n) is 4.51. The van der Waals surface area contributed by atoms with Crippen molar-refractivity contribution >= 4 is 57.1 Å². The summed E-state index contributed by atoms with van der Waals surface area (Å²) >= 11 is 9.46. The maximum absolute atomic E-state index is 12.9. The van der Waals surface area contributed by atoms with Crippen molar-refractivity contribution in [1.82, 2.24) is 5.32 Å². The summed E-state index contributed by atoms with van der Waals surface area (Å²) < 4.78 is 6.52. The van der Waals surface area contributed by atoms with E-state index in [-0.39, 0.29) is 5.57 Å². The van der Waals surface area contributed by atoms with Gasteiger partial charge < -0.3 is 4.42 Å². The zero-order chi connectivity index (χ0) is 21.4. The van der Waals surface area contributed by atoms with Gasteiger partial charge in [-0.1, -0.05) is 35.4 Å². The highest BCUT2D eigenvalue weighted by atomic mass is 79.9. The first-order valence-electron chi connectivity index (χ1n) is 8.87. The second kappa shape index (κ2) is 7.93. The Morgan fingerprint density at radius 3 is 2.47 bits per heavy atom. The van der Waals surface area contributed by atoms with Gasteiger partial charge in [0.1, 0.15) is 17.1 Å². The van der Waals surface area contributed by atoms with E-state index in [2.05, 4.69) is 21.2 Å². The van der Waals surface area contributed by atoms with Crippen molar-refractivity contribution in [3.05, 3.63) is 81.0 Å². The minimum Gasteiger partial charge on any atom is -0.457 e. The number of anilines is 1. The molecule has 30 heavy (non-hydrogen) atoms. The normalized spacial score (nSPS) is 15.6. The van der Waals surface area contributed by atoms with Gasteiger partial charge in [-0.05, 0) is 65.3 Å². The van der Waals surface area contributed by atoms with Crippen molar-refractivity contribution < 1.29 is 18.8 Å². The van der Waals surface area contributed by atoms with Gasteiger partial charge in [0.25, 0.3) is 11.8 Å². The number of hydrogen-bond acceptors (Lipinski definition) is 4. The molecule has 150 valence electrons. The van der Waals surface area contributed by atoms with Crippen LogP contribution in [0.25, 0.3) is 17.4 Å². The fraction of sp³-hybridized carbons (Fsp3) is 0.0455. The molecule has 3 aromatic rings. The van der Waals surface area contributed by atoms with E-state index in [0.717, 1.165) is 20.5 Å². The van der Waals surface area contributed by atoms with Crippen LogP contribution in [0.3, 0.4) is 0 Å². The number of carbonyl (C=O) groups is 3. The molecule has 0 saturated carbocycles. The topological polar surface area (TPSA) is 79.6 Å². The molecule has 0 aliphatic carbocycles. The molecule has 0 unspecified atom stereocenters. The number of amides is 4. The number of aryl methyl sites for hydroxylation is 1. The minimum atomic E-state index is -0.796. The molecule has 1 saturated heterocycles. The van der Waals surface area contributed by atoms with E-state index in [0.29, 0.717) is 22.2 Å². The third kappa shape index (κ3) is 3.81. The highest BCUT2D eigenvalue weighted by Crippen LogP contribution is 2.30. The number of nitrogens with one attached hydrogen (secondary N) is 1. The molecule has 1 fully saturated rings. The Morgan fingerprint density at radius 1 is 1.03 bits per heavy atom. The summed E-state index contributed by atoms with van der Waals surface area (Å²) in [5.41, 5.74) is 1.88. The Kier molecular flexibility index (Phi) is 5.32. The van der Waals surface area contributed by atoms with Crippen LogP contribution in [-0.4, -0.2) is 17.8 Å². The predicted octanol–water partition coefficient (Wildman–Crippen LogP) is 5.34. The molecule has 0 radical (unpaired) electrons.